The lowest BCUT2D eigenvalue weighted by Gasteiger charge is -2.30. The van der Waals surface area contributed by atoms with Crippen LogP contribution in [0.4, 0.5) is 4.79 Å². The van der Waals surface area contributed by atoms with Gasteiger partial charge in [0.05, 0.1) is 12.7 Å². The van der Waals surface area contributed by atoms with Crippen LogP contribution in [0.2, 0.25) is 0 Å². The number of ether oxygens (including phenoxy) is 2. The Kier molecular flexibility index (Phi) is 7.65. The molecule has 0 saturated heterocycles. The molecule has 1 aromatic rings. The summed E-state index contributed by atoms with van der Waals surface area (Å²) >= 11 is 0. The summed E-state index contributed by atoms with van der Waals surface area (Å²) in [5, 5.41) is 6.31. The molecule has 0 unspecified atom stereocenters. The van der Waals surface area contributed by atoms with E-state index in [0.717, 1.165) is 38.8 Å². The van der Waals surface area contributed by atoms with Crippen molar-refractivity contribution in [1.29, 1.82) is 0 Å². The molecule has 0 spiro atoms. The van der Waals surface area contributed by atoms with E-state index in [0.29, 0.717) is 6.61 Å². The zero-order chi connectivity index (χ0) is 18.1. The fraction of sp³-hybridized carbons (Fsp3) is 0.684. The van der Waals surface area contributed by atoms with E-state index in [2.05, 4.69) is 21.7 Å². The molecule has 6 nitrogen and oxygen atoms in total. The van der Waals surface area contributed by atoms with Gasteiger partial charge < -0.3 is 20.1 Å². The van der Waals surface area contributed by atoms with Crippen molar-refractivity contribution in [3.05, 3.63) is 30.1 Å². The molecule has 0 aromatic carbocycles. The normalized spacial score (nSPS) is 20.9. The Morgan fingerprint density at radius 3 is 2.68 bits per heavy atom. The van der Waals surface area contributed by atoms with Gasteiger partial charge in [-0.2, -0.15) is 0 Å². The Labute approximate surface area is 150 Å². The van der Waals surface area contributed by atoms with Gasteiger partial charge in [-0.05, 0) is 58.1 Å². The van der Waals surface area contributed by atoms with Crippen molar-refractivity contribution < 1.29 is 14.3 Å². The number of pyridine rings is 1. The summed E-state index contributed by atoms with van der Waals surface area (Å²) in [7, 11) is 0. The highest BCUT2D eigenvalue weighted by Gasteiger charge is 2.24. The van der Waals surface area contributed by atoms with E-state index in [1.807, 2.05) is 33.0 Å². The van der Waals surface area contributed by atoms with Crippen molar-refractivity contribution in [3.8, 4) is 0 Å². The number of rotatable bonds is 7. The van der Waals surface area contributed by atoms with E-state index in [-0.39, 0.29) is 18.2 Å². The molecule has 1 amide bonds. The van der Waals surface area contributed by atoms with Gasteiger partial charge in [0, 0.05) is 31.5 Å². The SMILES string of the molecule is CC(C)(C)OC(=O)NC1CCC(OCCNCc2cccnc2)CC1. The fourth-order valence-electron chi connectivity index (χ4n) is 2.88. The average molecular weight is 349 g/mol. The first-order valence-electron chi connectivity index (χ1n) is 9.13. The standard InChI is InChI=1S/C19H31N3O3/c1-19(2,3)25-18(23)22-16-6-8-17(9-7-16)24-12-11-21-14-15-5-4-10-20-13-15/h4-5,10,13,16-17,21H,6-9,11-12,14H2,1-3H3,(H,22,23). The molecule has 6 heteroatoms. The van der Waals surface area contributed by atoms with Crippen LogP contribution in [0.3, 0.4) is 0 Å². The minimum absolute atomic E-state index is 0.193. The first-order chi connectivity index (χ1) is 11.9. The highest BCUT2D eigenvalue weighted by Crippen LogP contribution is 2.21. The number of carbonyl (C=O) groups is 1. The average Bonchev–Trinajstić information content (AvgIpc) is 2.55. The van der Waals surface area contributed by atoms with E-state index in [4.69, 9.17) is 9.47 Å². The number of alkyl carbamates (subject to hydrolysis) is 1. The molecule has 1 aliphatic carbocycles. The molecule has 0 atom stereocenters. The zero-order valence-electron chi connectivity index (χ0n) is 15.6. The van der Waals surface area contributed by atoms with Crippen molar-refractivity contribution in [2.75, 3.05) is 13.2 Å². The largest absolute Gasteiger partial charge is 0.444 e. The third-order valence-electron chi connectivity index (χ3n) is 4.08. The van der Waals surface area contributed by atoms with Gasteiger partial charge in [0.1, 0.15) is 5.60 Å². The molecule has 0 radical (unpaired) electrons. The van der Waals surface area contributed by atoms with Gasteiger partial charge in [-0.1, -0.05) is 6.07 Å². The third-order valence-corrected chi connectivity index (χ3v) is 4.08. The van der Waals surface area contributed by atoms with Crippen molar-refractivity contribution in [2.45, 2.75) is 70.7 Å². The first-order valence-corrected chi connectivity index (χ1v) is 9.13. The summed E-state index contributed by atoms with van der Waals surface area (Å²) in [5.41, 5.74) is 0.726. The van der Waals surface area contributed by atoms with E-state index in [1.165, 1.54) is 5.56 Å². The number of carbonyl (C=O) groups excluding carboxylic acids is 1. The number of aromatic nitrogens is 1. The molecule has 1 aromatic heterocycles. The smallest absolute Gasteiger partial charge is 0.407 e. The van der Waals surface area contributed by atoms with Crippen LogP contribution in [0.15, 0.2) is 24.5 Å². The maximum atomic E-state index is 11.8. The van der Waals surface area contributed by atoms with E-state index in [9.17, 15) is 4.79 Å². The van der Waals surface area contributed by atoms with E-state index < -0.39 is 5.60 Å². The lowest BCUT2D eigenvalue weighted by atomic mass is 9.93. The Hall–Kier alpha value is -1.66. The van der Waals surface area contributed by atoms with Gasteiger partial charge in [0.25, 0.3) is 0 Å². The Morgan fingerprint density at radius 1 is 1.28 bits per heavy atom. The summed E-state index contributed by atoms with van der Waals surface area (Å²) in [4.78, 5) is 15.9. The summed E-state index contributed by atoms with van der Waals surface area (Å²) in [5.74, 6) is 0. The lowest BCUT2D eigenvalue weighted by Crippen LogP contribution is -2.42. The van der Waals surface area contributed by atoms with Crippen LogP contribution in [-0.4, -0.2) is 42.0 Å². The zero-order valence-corrected chi connectivity index (χ0v) is 15.6. The second-order valence-corrected chi connectivity index (χ2v) is 7.53. The Morgan fingerprint density at radius 2 is 2.04 bits per heavy atom. The van der Waals surface area contributed by atoms with Gasteiger partial charge in [-0.25, -0.2) is 4.79 Å². The third kappa shape index (κ3) is 8.31. The fourth-order valence-corrected chi connectivity index (χ4v) is 2.88. The van der Waals surface area contributed by atoms with E-state index >= 15 is 0 Å². The first kappa shape index (κ1) is 19.7. The Balaban J connectivity index is 1.53. The molecule has 2 N–H and O–H groups in total. The second kappa shape index (κ2) is 9.73. The summed E-state index contributed by atoms with van der Waals surface area (Å²) in [6.07, 6.45) is 7.44. The quantitative estimate of drug-likeness (QED) is 0.740. The molecule has 1 aliphatic rings. The van der Waals surface area contributed by atoms with Gasteiger partial charge >= 0.3 is 6.09 Å². The molecule has 0 bridgehead atoms. The van der Waals surface area contributed by atoms with Crippen LogP contribution in [0, 0.1) is 0 Å². The molecule has 0 aliphatic heterocycles. The minimum Gasteiger partial charge on any atom is -0.444 e. The van der Waals surface area contributed by atoms with Gasteiger partial charge in [-0.3, -0.25) is 4.98 Å². The molecule has 2 rings (SSSR count). The molecular formula is C19H31N3O3. The molecular weight excluding hydrogens is 318 g/mol. The minimum atomic E-state index is -0.451. The van der Waals surface area contributed by atoms with Gasteiger partial charge in [-0.15, -0.1) is 0 Å². The number of nitrogens with one attached hydrogen (secondary N) is 2. The van der Waals surface area contributed by atoms with Crippen LogP contribution in [0.5, 0.6) is 0 Å². The Bertz CT molecular complexity index is 508. The summed E-state index contributed by atoms with van der Waals surface area (Å²) in [6, 6.07) is 4.19. The number of hydrogen-bond donors (Lipinski definition) is 2. The maximum Gasteiger partial charge on any atom is 0.407 e. The van der Waals surface area contributed by atoms with Gasteiger partial charge in [0.15, 0.2) is 0 Å². The molecule has 25 heavy (non-hydrogen) atoms. The van der Waals surface area contributed by atoms with Gasteiger partial charge in [0.2, 0.25) is 0 Å². The van der Waals surface area contributed by atoms with Crippen LogP contribution in [0.25, 0.3) is 0 Å². The highest BCUT2D eigenvalue weighted by molar-refractivity contribution is 5.68. The second-order valence-electron chi connectivity index (χ2n) is 7.53. The summed E-state index contributed by atoms with van der Waals surface area (Å²) < 4.78 is 11.2. The predicted octanol–water partition coefficient (Wildman–Crippen LogP) is 3.02. The number of nitrogens with zero attached hydrogens (tertiary/aromatic N) is 1. The van der Waals surface area contributed by atoms with Crippen LogP contribution < -0.4 is 10.6 Å². The van der Waals surface area contributed by atoms with Crippen molar-refractivity contribution in [2.24, 2.45) is 0 Å². The molecule has 140 valence electrons. The lowest BCUT2D eigenvalue weighted by molar-refractivity contribution is 0.0193. The van der Waals surface area contributed by atoms with Crippen molar-refractivity contribution in [3.63, 3.8) is 0 Å². The van der Waals surface area contributed by atoms with Crippen molar-refractivity contribution >= 4 is 6.09 Å². The molecule has 1 heterocycles. The monoisotopic (exact) mass is 349 g/mol. The molecule has 1 fully saturated rings. The van der Waals surface area contributed by atoms with Crippen LogP contribution >= 0.6 is 0 Å². The highest BCUT2D eigenvalue weighted by atomic mass is 16.6. The summed E-state index contributed by atoms with van der Waals surface area (Å²) in [6.45, 7) is 7.96. The van der Waals surface area contributed by atoms with E-state index in [1.54, 1.807) is 6.20 Å². The molecule has 1 saturated carbocycles. The van der Waals surface area contributed by atoms with Crippen LogP contribution in [0.1, 0.15) is 52.0 Å². The topological polar surface area (TPSA) is 72.5 Å². The predicted molar refractivity (Wildman–Crippen MR) is 97.3 cm³/mol. The van der Waals surface area contributed by atoms with Crippen LogP contribution in [-0.2, 0) is 16.0 Å². The number of amides is 1. The number of hydrogen-bond acceptors (Lipinski definition) is 5. The maximum absolute atomic E-state index is 11.8. The van der Waals surface area contributed by atoms with Crippen molar-refractivity contribution in [1.82, 2.24) is 15.6 Å².